The molecule has 0 aliphatic rings. The van der Waals surface area contributed by atoms with E-state index in [-0.39, 0.29) is 40.0 Å². The van der Waals surface area contributed by atoms with E-state index in [1.54, 1.807) is 82.4 Å². The number of carbonyl (C=O) groups excluding carboxylic acids is 2. The Morgan fingerprint density at radius 1 is 0.741 bits per heavy atom. The summed E-state index contributed by atoms with van der Waals surface area (Å²) in [7, 11) is -1.96. The number of alkyl halides is 6. The average molecular weight is 954 g/mol. The molecule has 0 aliphatic carbocycles. The molecule has 0 unspecified atom stereocenters. The number of aromatic nitrogens is 6. The zero-order chi connectivity index (χ0) is 43.1. The first-order chi connectivity index (χ1) is 27.1. The molecule has 4 N–H and O–H groups in total. The van der Waals surface area contributed by atoms with E-state index in [9.17, 15) is 35.9 Å². The number of hydrogen-bond donors (Lipinski definition) is 4. The third-order valence-electron chi connectivity index (χ3n) is 7.24. The van der Waals surface area contributed by atoms with Crippen molar-refractivity contribution < 1.29 is 46.0 Å². The molecule has 4 heterocycles. The largest absolute Gasteiger partial charge is 0.507 e. The topological polar surface area (TPSA) is 160 Å². The molecular formula is C34H30BBrCl2F6N8O4S2. The van der Waals surface area contributed by atoms with Crippen molar-refractivity contribution in [1.29, 1.82) is 0 Å². The molecule has 0 radical (unpaired) electrons. The standard InChI is InChI=1S/C17H14ClF3N4OS.C10H6BrClN2OS.C7H10BF3N2O2/c1-9(2)25-12(7-14(24-25)17(19,20)21)13-8-22-16(27-13)23-15(26)10-5-3-4-6-11(10)18;11-8-5-13-10(16-8)14-9(15)6-3-1-2-4-7(6)12;1-4(2)13-6(8(14)15)3-5(12-13)7(9,10)11/h3-9H,1-2H3,(H,22,23,26);1-5H,(H,13,14,15);3-4,14-15H,1-2H3. The maximum atomic E-state index is 13.0. The van der Waals surface area contributed by atoms with Crippen LogP contribution < -0.4 is 16.2 Å². The van der Waals surface area contributed by atoms with Crippen molar-refractivity contribution in [3.05, 3.63) is 109 Å². The van der Waals surface area contributed by atoms with Crippen LogP contribution >= 0.6 is 61.8 Å². The van der Waals surface area contributed by atoms with Crippen molar-refractivity contribution in [2.75, 3.05) is 10.6 Å². The highest BCUT2D eigenvalue weighted by molar-refractivity contribution is 9.11. The zero-order valence-electron chi connectivity index (χ0n) is 30.3. The number of hydrogen-bond acceptors (Lipinski definition) is 10. The lowest BCUT2D eigenvalue weighted by atomic mass is 9.85. The quantitative estimate of drug-likeness (QED) is 0.0868. The molecule has 2 aromatic carbocycles. The van der Waals surface area contributed by atoms with Gasteiger partial charge >= 0.3 is 19.5 Å². The van der Waals surface area contributed by atoms with E-state index < -0.39 is 36.8 Å². The summed E-state index contributed by atoms with van der Waals surface area (Å²) in [6.07, 6.45) is -6.08. The van der Waals surface area contributed by atoms with Crippen LogP contribution in [0.1, 0.15) is 71.9 Å². The van der Waals surface area contributed by atoms with Crippen molar-refractivity contribution in [2.24, 2.45) is 0 Å². The van der Waals surface area contributed by atoms with Gasteiger partial charge in [-0.3, -0.25) is 29.6 Å². The fraction of sp³-hybridized carbons (Fsp3) is 0.235. The van der Waals surface area contributed by atoms with Crippen molar-refractivity contribution in [3.63, 3.8) is 0 Å². The van der Waals surface area contributed by atoms with E-state index >= 15 is 0 Å². The molecule has 24 heteroatoms. The molecule has 0 bridgehead atoms. The van der Waals surface area contributed by atoms with Gasteiger partial charge in [0.25, 0.3) is 11.8 Å². The van der Waals surface area contributed by atoms with Gasteiger partial charge in [-0.15, -0.1) is 0 Å². The van der Waals surface area contributed by atoms with Gasteiger partial charge in [-0.05, 0) is 80.0 Å². The van der Waals surface area contributed by atoms with Gasteiger partial charge in [-0.2, -0.15) is 36.5 Å². The summed E-state index contributed by atoms with van der Waals surface area (Å²) in [6, 6.07) is 14.4. The predicted molar refractivity (Wildman–Crippen MR) is 215 cm³/mol. The van der Waals surface area contributed by atoms with E-state index in [1.807, 2.05) is 0 Å². The molecule has 6 rings (SSSR count). The SMILES string of the molecule is CC(C)n1nc(C(F)(F)F)cc1-c1cnc(NC(=O)c2ccccc2Cl)s1.CC(C)n1nc(C(F)(F)F)cc1B(O)O.O=C(Nc1ncc(Br)s1)c1ccccc1Cl. The van der Waals surface area contributed by atoms with Gasteiger partial charge in [0.1, 0.15) is 0 Å². The Morgan fingerprint density at radius 3 is 1.60 bits per heavy atom. The highest BCUT2D eigenvalue weighted by Crippen LogP contribution is 2.36. The van der Waals surface area contributed by atoms with E-state index in [2.05, 4.69) is 46.7 Å². The molecule has 0 aliphatic heterocycles. The summed E-state index contributed by atoms with van der Waals surface area (Å²) in [4.78, 5) is 32.6. The second-order valence-corrected chi connectivity index (χ2v) is 16.4. The lowest BCUT2D eigenvalue weighted by molar-refractivity contribution is -0.142. The minimum Gasteiger partial charge on any atom is -0.422 e. The van der Waals surface area contributed by atoms with Crippen LogP contribution in [0, 0.1) is 0 Å². The number of amides is 2. The predicted octanol–water partition coefficient (Wildman–Crippen LogP) is 9.49. The van der Waals surface area contributed by atoms with Gasteiger partial charge < -0.3 is 10.0 Å². The van der Waals surface area contributed by atoms with E-state index in [1.165, 1.54) is 22.2 Å². The summed E-state index contributed by atoms with van der Waals surface area (Å²) >= 11 is 17.6. The Morgan fingerprint density at radius 2 is 1.19 bits per heavy atom. The summed E-state index contributed by atoms with van der Waals surface area (Å²) < 4.78 is 78.9. The highest BCUT2D eigenvalue weighted by Gasteiger charge is 2.37. The molecule has 12 nitrogen and oxygen atoms in total. The highest BCUT2D eigenvalue weighted by atomic mass is 79.9. The van der Waals surface area contributed by atoms with Crippen LogP contribution in [0.4, 0.5) is 36.6 Å². The third kappa shape index (κ3) is 12.4. The number of benzene rings is 2. The molecule has 0 saturated heterocycles. The normalized spacial score (nSPS) is 11.5. The average Bonchev–Trinajstić information content (AvgIpc) is 3.95. The van der Waals surface area contributed by atoms with Crippen LogP contribution in [0.15, 0.2) is 76.8 Å². The molecule has 308 valence electrons. The summed E-state index contributed by atoms with van der Waals surface area (Å²) in [5.74, 6) is -0.706. The lowest BCUT2D eigenvalue weighted by Gasteiger charge is -2.09. The number of nitrogens with zero attached hydrogens (tertiary/aromatic N) is 6. The molecule has 58 heavy (non-hydrogen) atoms. The Hall–Kier alpha value is -4.32. The van der Waals surface area contributed by atoms with E-state index in [4.69, 9.17) is 33.2 Å². The van der Waals surface area contributed by atoms with Gasteiger partial charge in [0.05, 0.1) is 47.3 Å². The second kappa shape index (κ2) is 19.6. The number of rotatable bonds is 8. The van der Waals surface area contributed by atoms with Gasteiger partial charge in [-0.1, -0.05) is 70.1 Å². The molecular weight excluding hydrogens is 924 g/mol. The van der Waals surface area contributed by atoms with Gasteiger partial charge in [0, 0.05) is 18.3 Å². The van der Waals surface area contributed by atoms with E-state index in [0.29, 0.717) is 31.7 Å². The summed E-state index contributed by atoms with van der Waals surface area (Å²) in [5.41, 5.74) is -1.36. The van der Waals surface area contributed by atoms with Crippen molar-refractivity contribution in [1.82, 2.24) is 29.5 Å². The van der Waals surface area contributed by atoms with Gasteiger partial charge in [0.15, 0.2) is 21.7 Å². The minimum atomic E-state index is -4.58. The van der Waals surface area contributed by atoms with Crippen LogP contribution in [-0.4, -0.2) is 58.5 Å². The molecule has 6 aromatic rings. The smallest absolute Gasteiger partial charge is 0.422 e. The molecule has 0 fully saturated rings. The van der Waals surface area contributed by atoms with Crippen LogP contribution in [0.25, 0.3) is 10.6 Å². The fourth-order valence-corrected chi connectivity index (χ4v) is 7.01. The molecule has 0 spiro atoms. The molecule has 0 saturated carbocycles. The monoisotopic (exact) mass is 952 g/mol. The number of nitrogens with one attached hydrogen (secondary N) is 2. The number of carbonyl (C=O) groups is 2. The fourth-order valence-electron chi connectivity index (χ4n) is 4.65. The molecule has 0 atom stereocenters. The first kappa shape index (κ1) is 46.4. The lowest BCUT2D eigenvalue weighted by Crippen LogP contribution is -2.37. The Balaban J connectivity index is 0.000000206. The number of thiazole rings is 2. The summed E-state index contributed by atoms with van der Waals surface area (Å²) in [6.45, 7) is 6.66. The summed E-state index contributed by atoms with van der Waals surface area (Å²) in [5, 5.41) is 31.4. The zero-order valence-corrected chi connectivity index (χ0v) is 35.0. The maximum Gasteiger partial charge on any atom is 0.507 e. The van der Waals surface area contributed by atoms with Crippen molar-refractivity contribution in [2.45, 2.75) is 52.1 Å². The minimum absolute atomic E-state index is 0.250. The molecule has 2 amide bonds. The van der Waals surface area contributed by atoms with E-state index in [0.717, 1.165) is 25.9 Å². The van der Waals surface area contributed by atoms with Gasteiger partial charge in [-0.25, -0.2) is 9.97 Å². The van der Waals surface area contributed by atoms with Crippen molar-refractivity contribution in [3.8, 4) is 10.6 Å². The van der Waals surface area contributed by atoms with Gasteiger partial charge in [0.2, 0.25) is 0 Å². The van der Waals surface area contributed by atoms with Crippen molar-refractivity contribution >= 4 is 96.6 Å². The number of halogens is 9. The number of anilines is 2. The van der Waals surface area contributed by atoms with Crippen LogP contribution in [-0.2, 0) is 12.4 Å². The Kier molecular flexibility index (Phi) is 15.7. The second-order valence-electron chi connectivity index (χ2n) is 12.2. The van der Waals surface area contributed by atoms with Crippen LogP contribution in [0.2, 0.25) is 10.0 Å². The van der Waals surface area contributed by atoms with Crippen LogP contribution in [0.5, 0.6) is 0 Å². The Labute approximate surface area is 353 Å². The molecule has 4 aromatic heterocycles. The first-order valence-corrected chi connectivity index (χ1v) is 19.6. The van der Waals surface area contributed by atoms with Crippen LogP contribution in [0.3, 0.4) is 0 Å². The first-order valence-electron chi connectivity index (χ1n) is 16.5. The maximum absolute atomic E-state index is 13.0. The third-order valence-corrected chi connectivity index (χ3v) is 10.2. The Bertz CT molecular complexity index is 2330.